The lowest BCUT2D eigenvalue weighted by atomic mass is 9.92. The van der Waals surface area contributed by atoms with E-state index in [1.165, 1.54) is 6.42 Å². The SMILES string of the molecule is CCCNC(=O)Nc1ccc(/C=C(\C#N)c2cc(OCC)ccc2NC2CCC2)cc1. The van der Waals surface area contributed by atoms with E-state index in [0.717, 1.165) is 41.8 Å². The molecule has 0 atom stereocenters. The van der Waals surface area contributed by atoms with Crippen molar-refractivity contribution in [2.24, 2.45) is 0 Å². The average Bonchev–Trinajstić information content (AvgIpc) is 2.75. The molecular weight excluding hydrogens is 388 g/mol. The molecule has 1 aliphatic carbocycles. The van der Waals surface area contributed by atoms with Crippen LogP contribution in [0.1, 0.15) is 50.7 Å². The standard InChI is InChI=1S/C25H30N4O2/c1-3-14-27-25(30)29-21-10-8-18(9-11-21)15-19(17-26)23-16-22(31-4-2)12-13-24(23)28-20-6-5-7-20/h8-13,15-16,20,28H,3-7,14H2,1-2H3,(H2,27,29,30)/b19-15+. The van der Waals surface area contributed by atoms with E-state index in [9.17, 15) is 10.1 Å². The number of allylic oxidation sites excluding steroid dienone is 1. The number of rotatable bonds is 9. The van der Waals surface area contributed by atoms with Crippen LogP contribution in [0, 0.1) is 11.3 Å². The Bertz CT molecular complexity index is 956. The van der Waals surface area contributed by atoms with Crippen molar-refractivity contribution in [2.75, 3.05) is 23.8 Å². The third-order valence-electron chi connectivity index (χ3n) is 5.19. The molecule has 1 aliphatic rings. The lowest BCUT2D eigenvalue weighted by Crippen LogP contribution is -2.29. The largest absolute Gasteiger partial charge is 0.494 e. The predicted octanol–water partition coefficient (Wildman–Crippen LogP) is 5.65. The van der Waals surface area contributed by atoms with Gasteiger partial charge in [0.1, 0.15) is 5.75 Å². The Hall–Kier alpha value is -3.46. The minimum absolute atomic E-state index is 0.220. The Morgan fingerprint density at radius 3 is 2.58 bits per heavy atom. The van der Waals surface area contributed by atoms with E-state index in [1.807, 2.05) is 62.4 Å². The first kappa shape index (κ1) is 22.2. The third-order valence-corrected chi connectivity index (χ3v) is 5.19. The number of ether oxygens (including phenoxy) is 1. The van der Waals surface area contributed by atoms with Crippen LogP contribution in [-0.4, -0.2) is 25.2 Å². The monoisotopic (exact) mass is 418 g/mol. The van der Waals surface area contributed by atoms with E-state index < -0.39 is 0 Å². The fraction of sp³-hybridized carbons (Fsp3) is 0.360. The smallest absolute Gasteiger partial charge is 0.319 e. The summed E-state index contributed by atoms with van der Waals surface area (Å²) in [5, 5.41) is 19.0. The van der Waals surface area contributed by atoms with E-state index >= 15 is 0 Å². The van der Waals surface area contributed by atoms with E-state index in [1.54, 1.807) is 0 Å². The van der Waals surface area contributed by atoms with Crippen molar-refractivity contribution >= 4 is 29.1 Å². The second kappa shape index (κ2) is 11.1. The van der Waals surface area contributed by atoms with Gasteiger partial charge in [-0.2, -0.15) is 5.26 Å². The Kier molecular flexibility index (Phi) is 7.94. The number of nitrogens with one attached hydrogen (secondary N) is 3. The molecule has 2 aromatic rings. The van der Waals surface area contributed by atoms with Crippen LogP contribution in [0.15, 0.2) is 42.5 Å². The highest BCUT2D eigenvalue weighted by atomic mass is 16.5. The maximum atomic E-state index is 11.8. The van der Waals surface area contributed by atoms with E-state index in [2.05, 4.69) is 22.0 Å². The summed E-state index contributed by atoms with van der Waals surface area (Å²) in [6.45, 7) is 5.15. The summed E-state index contributed by atoms with van der Waals surface area (Å²) in [5.74, 6) is 0.746. The van der Waals surface area contributed by atoms with Gasteiger partial charge in [-0.15, -0.1) is 0 Å². The topological polar surface area (TPSA) is 86.2 Å². The highest BCUT2D eigenvalue weighted by Gasteiger charge is 2.19. The van der Waals surface area contributed by atoms with Crippen molar-refractivity contribution in [3.05, 3.63) is 53.6 Å². The molecule has 3 N–H and O–H groups in total. The fourth-order valence-corrected chi connectivity index (χ4v) is 3.31. The molecule has 2 amide bonds. The second-order valence-electron chi connectivity index (χ2n) is 7.59. The summed E-state index contributed by atoms with van der Waals surface area (Å²) in [6, 6.07) is 15.9. The van der Waals surface area contributed by atoms with Crippen LogP contribution >= 0.6 is 0 Å². The Labute approximate surface area is 184 Å². The molecule has 6 nitrogen and oxygen atoms in total. The predicted molar refractivity (Wildman–Crippen MR) is 126 cm³/mol. The van der Waals surface area contributed by atoms with Crippen molar-refractivity contribution in [3.8, 4) is 11.8 Å². The maximum Gasteiger partial charge on any atom is 0.319 e. The van der Waals surface area contributed by atoms with Crippen LogP contribution in [0.4, 0.5) is 16.2 Å². The van der Waals surface area contributed by atoms with Gasteiger partial charge in [-0.05, 0) is 74.6 Å². The van der Waals surface area contributed by atoms with Crippen molar-refractivity contribution < 1.29 is 9.53 Å². The number of hydrogen-bond acceptors (Lipinski definition) is 4. The molecule has 6 heteroatoms. The van der Waals surface area contributed by atoms with Crippen LogP contribution in [0.25, 0.3) is 11.6 Å². The van der Waals surface area contributed by atoms with Crippen LogP contribution in [-0.2, 0) is 0 Å². The van der Waals surface area contributed by atoms with Gasteiger partial charge in [-0.25, -0.2) is 4.79 Å². The number of urea groups is 1. The summed E-state index contributed by atoms with van der Waals surface area (Å²) < 4.78 is 5.66. The molecule has 0 saturated heterocycles. The normalized spacial score (nSPS) is 13.6. The van der Waals surface area contributed by atoms with Gasteiger partial charge in [0.15, 0.2) is 0 Å². The van der Waals surface area contributed by atoms with Crippen LogP contribution in [0.2, 0.25) is 0 Å². The maximum absolute atomic E-state index is 11.8. The highest BCUT2D eigenvalue weighted by Crippen LogP contribution is 2.33. The van der Waals surface area contributed by atoms with Crippen LogP contribution in [0.5, 0.6) is 5.75 Å². The van der Waals surface area contributed by atoms with E-state index in [0.29, 0.717) is 30.5 Å². The van der Waals surface area contributed by atoms with E-state index in [-0.39, 0.29) is 6.03 Å². The van der Waals surface area contributed by atoms with Crippen LogP contribution in [0.3, 0.4) is 0 Å². The molecular formula is C25H30N4O2. The molecule has 162 valence electrons. The summed E-state index contributed by atoms with van der Waals surface area (Å²) in [6.07, 6.45) is 6.28. The molecule has 31 heavy (non-hydrogen) atoms. The van der Waals surface area contributed by atoms with Gasteiger partial charge in [0, 0.05) is 29.5 Å². The van der Waals surface area contributed by atoms with Crippen LogP contribution < -0.4 is 20.7 Å². The van der Waals surface area contributed by atoms with Crippen molar-refractivity contribution in [2.45, 2.75) is 45.6 Å². The zero-order valence-electron chi connectivity index (χ0n) is 18.2. The van der Waals surface area contributed by atoms with Gasteiger partial charge in [-0.3, -0.25) is 0 Å². The molecule has 0 aromatic heterocycles. The lowest BCUT2D eigenvalue weighted by molar-refractivity contribution is 0.252. The number of benzene rings is 2. The number of carbonyl (C=O) groups excluding carboxylic acids is 1. The van der Waals surface area contributed by atoms with Gasteiger partial charge in [0.2, 0.25) is 0 Å². The molecule has 2 aromatic carbocycles. The van der Waals surface area contributed by atoms with E-state index in [4.69, 9.17) is 4.74 Å². The number of hydrogen-bond donors (Lipinski definition) is 3. The molecule has 1 saturated carbocycles. The molecule has 0 bridgehead atoms. The number of nitrogens with zero attached hydrogens (tertiary/aromatic N) is 1. The summed E-state index contributed by atoms with van der Waals surface area (Å²) in [5.41, 5.74) is 3.93. The zero-order chi connectivity index (χ0) is 22.1. The summed E-state index contributed by atoms with van der Waals surface area (Å²) >= 11 is 0. The molecule has 0 spiro atoms. The molecule has 0 radical (unpaired) electrons. The van der Waals surface area contributed by atoms with Gasteiger partial charge in [0.25, 0.3) is 0 Å². The fourth-order valence-electron chi connectivity index (χ4n) is 3.31. The lowest BCUT2D eigenvalue weighted by Gasteiger charge is -2.28. The van der Waals surface area contributed by atoms with Gasteiger partial charge < -0.3 is 20.7 Å². The first-order valence-corrected chi connectivity index (χ1v) is 10.9. The first-order valence-electron chi connectivity index (χ1n) is 10.9. The second-order valence-corrected chi connectivity index (χ2v) is 7.59. The number of anilines is 2. The first-order chi connectivity index (χ1) is 15.1. The summed E-state index contributed by atoms with van der Waals surface area (Å²) in [7, 11) is 0. The quantitative estimate of drug-likeness (QED) is 0.363. The van der Waals surface area contributed by atoms with Crippen molar-refractivity contribution in [3.63, 3.8) is 0 Å². The van der Waals surface area contributed by atoms with Crippen molar-refractivity contribution in [1.29, 1.82) is 5.26 Å². The Balaban J connectivity index is 1.82. The zero-order valence-corrected chi connectivity index (χ0v) is 18.2. The highest BCUT2D eigenvalue weighted by molar-refractivity contribution is 5.95. The summed E-state index contributed by atoms with van der Waals surface area (Å²) in [4.78, 5) is 11.8. The minimum atomic E-state index is -0.220. The molecule has 0 heterocycles. The molecule has 0 unspecified atom stereocenters. The van der Waals surface area contributed by atoms with Gasteiger partial charge in [-0.1, -0.05) is 19.1 Å². The minimum Gasteiger partial charge on any atom is -0.494 e. The molecule has 0 aliphatic heterocycles. The molecule has 3 rings (SSSR count). The van der Waals surface area contributed by atoms with Crippen molar-refractivity contribution in [1.82, 2.24) is 5.32 Å². The number of amides is 2. The Morgan fingerprint density at radius 2 is 1.97 bits per heavy atom. The third kappa shape index (κ3) is 6.26. The number of nitriles is 1. The number of carbonyl (C=O) groups is 1. The van der Waals surface area contributed by atoms with Gasteiger partial charge in [0.05, 0.1) is 18.2 Å². The Morgan fingerprint density at radius 1 is 1.19 bits per heavy atom. The molecule has 1 fully saturated rings. The average molecular weight is 419 g/mol. The van der Waals surface area contributed by atoms with Gasteiger partial charge >= 0.3 is 6.03 Å².